The summed E-state index contributed by atoms with van der Waals surface area (Å²) < 4.78 is 57.0. The average molecular weight is 379 g/mol. The van der Waals surface area contributed by atoms with Gasteiger partial charge in [-0.3, -0.25) is 4.90 Å². The fourth-order valence-corrected chi connectivity index (χ4v) is 2.61. The first-order valence-corrected chi connectivity index (χ1v) is 6.75. The van der Waals surface area contributed by atoms with Crippen LogP contribution in [0.3, 0.4) is 0 Å². The number of nitrogens with one attached hydrogen (secondary N) is 1. The molecule has 0 amide bonds. The van der Waals surface area contributed by atoms with Gasteiger partial charge in [-0.2, -0.15) is 13.2 Å². The summed E-state index contributed by atoms with van der Waals surface area (Å²) in [6.07, 6.45) is -5.27. The van der Waals surface area contributed by atoms with Gasteiger partial charge in [0.2, 0.25) is 0 Å². The van der Waals surface area contributed by atoms with Gasteiger partial charge in [-0.05, 0) is 6.07 Å². The van der Waals surface area contributed by atoms with Crippen LogP contribution in [0, 0.1) is 5.82 Å². The monoisotopic (exact) mass is 378 g/mol. The van der Waals surface area contributed by atoms with Crippen molar-refractivity contribution >= 4 is 24.8 Å². The third kappa shape index (κ3) is 6.33. The summed E-state index contributed by atoms with van der Waals surface area (Å²) in [4.78, 5) is 1.76. The molecule has 1 aliphatic heterocycles. The summed E-state index contributed by atoms with van der Waals surface area (Å²) in [6.45, 7) is 2.30. The molecular formula is C14H20Cl2F4N2O. The molecule has 1 N–H and O–H groups in total. The standard InChI is InChI=1S/C14H18F4N2O.2ClH/c1-21-13-8-10(15)2-3-11(13)12(9-14(16,17)18)20-6-4-19-5-7-20;;/h2-3,8,12,19H,4-7,9H2,1H3;2*1H/t12-;;/m0../s1. The molecule has 1 aliphatic rings. The second-order valence-electron chi connectivity index (χ2n) is 5.01. The molecule has 0 saturated carbocycles. The molecule has 9 heteroatoms. The molecule has 134 valence electrons. The third-order valence-corrected chi connectivity index (χ3v) is 3.57. The summed E-state index contributed by atoms with van der Waals surface area (Å²) in [6, 6.07) is 2.82. The van der Waals surface area contributed by atoms with Gasteiger partial charge in [-0.25, -0.2) is 4.39 Å². The van der Waals surface area contributed by atoms with Crippen molar-refractivity contribution in [3.8, 4) is 5.75 Å². The maximum absolute atomic E-state index is 13.3. The molecule has 0 bridgehead atoms. The number of rotatable bonds is 4. The van der Waals surface area contributed by atoms with Gasteiger partial charge < -0.3 is 10.1 Å². The molecule has 3 nitrogen and oxygen atoms in total. The highest BCUT2D eigenvalue weighted by Crippen LogP contribution is 2.38. The zero-order chi connectivity index (χ0) is 15.5. The van der Waals surface area contributed by atoms with Crippen molar-refractivity contribution in [1.29, 1.82) is 0 Å². The first-order valence-electron chi connectivity index (χ1n) is 6.75. The number of hydrogen-bond donors (Lipinski definition) is 1. The van der Waals surface area contributed by atoms with Gasteiger partial charge >= 0.3 is 6.18 Å². The zero-order valence-electron chi connectivity index (χ0n) is 12.5. The van der Waals surface area contributed by atoms with Gasteiger partial charge in [0.25, 0.3) is 0 Å². The van der Waals surface area contributed by atoms with E-state index >= 15 is 0 Å². The van der Waals surface area contributed by atoms with Gasteiger partial charge in [0.1, 0.15) is 11.6 Å². The summed E-state index contributed by atoms with van der Waals surface area (Å²) in [7, 11) is 1.33. The minimum Gasteiger partial charge on any atom is -0.496 e. The van der Waals surface area contributed by atoms with Gasteiger partial charge in [-0.1, -0.05) is 6.07 Å². The Bertz CT molecular complexity index is 482. The Morgan fingerprint density at radius 3 is 2.35 bits per heavy atom. The van der Waals surface area contributed by atoms with Crippen LogP contribution < -0.4 is 10.1 Å². The molecule has 2 rings (SSSR count). The molecule has 0 aliphatic carbocycles. The van der Waals surface area contributed by atoms with Crippen molar-refractivity contribution < 1.29 is 22.3 Å². The molecule has 0 unspecified atom stereocenters. The van der Waals surface area contributed by atoms with Crippen LogP contribution >= 0.6 is 24.8 Å². The van der Waals surface area contributed by atoms with Crippen molar-refractivity contribution in [2.45, 2.75) is 18.6 Å². The Hall–Kier alpha value is -0.760. The van der Waals surface area contributed by atoms with E-state index < -0.39 is 24.5 Å². The molecule has 1 fully saturated rings. The van der Waals surface area contributed by atoms with E-state index in [2.05, 4.69) is 5.32 Å². The lowest BCUT2D eigenvalue weighted by Gasteiger charge is -2.36. The average Bonchev–Trinajstić information content (AvgIpc) is 2.45. The van der Waals surface area contributed by atoms with Crippen LogP contribution in [0.2, 0.25) is 0 Å². The van der Waals surface area contributed by atoms with E-state index in [1.54, 1.807) is 4.90 Å². The number of alkyl halides is 3. The van der Waals surface area contributed by atoms with E-state index in [0.29, 0.717) is 31.7 Å². The molecule has 23 heavy (non-hydrogen) atoms. The van der Waals surface area contributed by atoms with E-state index in [9.17, 15) is 17.6 Å². The summed E-state index contributed by atoms with van der Waals surface area (Å²) >= 11 is 0. The Labute approximate surface area is 145 Å². The fraction of sp³-hybridized carbons (Fsp3) is 0.571. The number of ether oxygens (including phenoxy) is 1. The Morgan fingerprint density at radius 2 is 1.83 bits per heavy atom. The second kappa shape index (κ2) is 9.52. The molecule has 0 radical (unpaired) electrons. The molecule has 1 aromatic carbocycles. The van der Waals surface area contributed by atoms with Crippen LogP contribution in [-0.4, -0.2) is 44.4 Å². The van der Waals surface area contributed by atoms with Crippen LogP contribution in [0.1, 0.15) is 18.0 Å². The van der Waals surface area contributed by atoms with Crippen LogP contribution in [0.25, 0.3) is 0 Å². The minimum atomic E-state index is -4.30. The molecule has 1 aromatic rings. The Morgan fingerprint density at radius 1 is 1.22 bits per heavy atom. The number of methoxy groups -OCH3 is 1. The number of hydrogen-bond acceptors (Lipinski definition) is 3. The number of benzene rings is 1. The molecule has 1 heterocycles. The van der Waals surface area contributed by atoms with Crippen molar-refractivity contribution in [3.05, 3.63) is 29.6 Å². The van der Waals surface area contributed by atoms with E-state index in [1.165, 1.54) is 19.2 Å². The van der Waals surface area contributed by atoms with Crippen molar-refractivity contribution in [3.63, 3.8) is 0 Å². The molecule has 0 spiro atoms. The Kier molecular flexibility index (Phi) is 9.20. The lowest BCUT2D eigenvalue weighted by molar-refractivity contribution is -0.148. The SMILES string of the molecule is COc1cc(F)ccc1[C@H](CC(F)(F)F)N1CCNCC1.Cl.Cl. The van der Waals surface area contributed by atoms with Crippen molar-refractivity contribution in [2.75, 3.05) is 33.3 Å². The fourth-order valence-electron chi connectivity index (χ4n) is 2.61. The smallest absolute Gasteiger partial charge is 0.390 e. The highest BCUT2D eigenvalue weighted by Gasteiger charge is 2.37. The topological polar surface area (TPSA) is 24.5 Å². The number of halogens is 6. The van der Waals surface area contributed by atoms with Crippen LogP contribution in [0.5, 0.6) is 5.75 Å². The Balaban J connectivity index is 0.00000242. The first-order chi connectivity index (χ1) is 9.90. The van der Waals surface area contributed by atoms with Gasteiger partial charge in [0.15, 0.2) is 0 Å². The van der Waals surface area contributed by atoms with E-state index in [0.717, 1.165) is 6.07 Å². The van der Waals surface area contributed by atoms with E-state index in [1.807, 2.05) is 0 Å². The maximum Gasteiger partial charge on any atom is 0.390 e. The van der Waals surface area contributed by atoms with Gasteiger partial charge in [0, 0.05) is 43.9 Å². The molecule has 1 saturated heterocycles. The number of piperazine rings is 1. The van der Waals surface area contributed by atoms with Gasteiger partial charge in [-0.15, -0.1) is 24.8 Å². The normalized spacial score (nSPS) is 16.9. The van der Waals surface area contributed by atoms with Crippen LogP contribution in [-0.2, 0) is 0 Å². The van der Waals surface area contributed by atoms with Gasteiger partial charge in [0.05, 0.1) is 13.5 Å². The quantitative estimate of drug-likeness (QED) is 0.810. The zero-order valence-corrected chi connectivity index (χ0v) is 14.2. The highest BCUT2D eigenvalue weighted by molar-refractivity contribution is 5.85. The second-order valence-corrected chi connectivity index (χ2v) is 5.01. The van der Waals surface area contributed by atoms with Crippen LogP contribution in [0.15, 0.2) is 18.2 Å². The van der Waals surface area contributed by atoms with Crippen LogP contribution in [0.4, 0.5) is 17.6 Å². The largest absolute Gasteiger partial charge is 0.496 e. The highest BCUT2D eigenvalue weighted by atomic mass is 35.5. The summed E-state index contributed by atoms with van der Waals surface area (Å²) in [5.41, 5.74) is 0.373. The lowest BCUT2D eigenvalue weighted by atomic mass is 9.99. The van der Waals surface area contributed by atoms with E-state index in [4.69, 9.17) is 4.74 Å². The van der Waals surface area contributed by atoms with Crippen molar-refractivity contribution in [2.24, 2.45) is 0 Å². The van der Waals surface area contributed by atoms with Crippen molar-refractivity contribution in [1.82, 2.24) is 10.2 Å². The molecule has 0 aromatic heterocycles. The molecule has 1 atom stereocenters. The molecular weight excluding hydrogens is 359 g/mol. The predicted molar refractivity (Wildman–Crippen MR) is 85.3 cm³/mol. The first kappa shape index (κ1) is 22.2. The van der Waals surface area contributed by atoms with E-state index in [-0.39, 0.29) is 30.6 Å². The summed E-state index contributed by atoms with van der Waals surface area (Å²) in [5.74, 6) is -0.371. The number of nitrogens with zero attached hydrogens (tertiary/aromatic N) is 1. The summed E-state index contributed by atoms with van der Waals surface area (Å²) in [5, 5.41) is 3.11. The maximum atomic E-state index is 13.3. The third-order valence-electron chi connectivity index (χ3n) is 3.57. The lowest BCUT2D eigenvalue weighted by Crippen LogP contribution is -2.46. The minimum absolute atomic E-state index is 0. The predicted octanol–water partition coefficient (Wildman–Crippen LogP) is 3.58.